The van der Waals surface area contributed by atoms with Gasteiger partial charge in [0.25, 0.3) is 0 Å². The Morgan fingerprint density at radius 2 is 1.42 bits per heavy atom. The van der Waals surface area contributed by atoms with Crippen molar-refractivity contribution in [2.24, 2.45) is 0 Å². The fraction of sp³-hybridized carbons (Fsp3) is 0. The number of nitrogens with two attached hydrogens (primary N) is 2. The molecule has 4 N–H and O–H groups in total. The van der Waals surface area contributed by atoms with Crippen LogP contribution < -0.4 is 62.9 Å². The number of benzene rings is 2. The molecule has 5 nitrogen and oxygen atoms in total. The van der Waals surface area contributed by atoms with E-state index in [1.165, 1.54) is 6.07 Å². The molecule has 2 aromatic carbocycles. The first-order chi connectivity index (χ1) is 8.38. The molecule has 0 fully saturated rings. The second kappa shape index (κ2) is 6.36. The van der Waals surface area contributed by atoms with Crippen LogP contribution in [0.1, 0.15) is 0 Å². The molecule has 7 heteroatoms. The molecule has 0 saturated heterocycles. The molecule has 0 radical (unpaired) electrons. The molecule has 0 aliphatic rings. The third-order valence-corrected chi connectivity index (χ3v) is 3.37. The van der Waals surface area contributed by atoms with Crippen LogP contribution in [0, 0.1) is 0 Å². The van der Waals surface area contributed by atoms with Gasteiger partial charge in [-0.1, -0.05) is 18.2 Å². The molecule has 0 aromatic heterocycles. The molecule has 0 aliphatic heterocycles. The van der Waals surface area contributed by atoms with Crippen molar-refractivity contribution < 1.29 is 64.4 Å². The zero-order chi connectivity index (χ0) is 13.3. The minimum Gasteiger partial charge on any atom is -0.744 e. The summed E-state index contributed by atoms with van der Waals surface area (Å²) in [5.41, 5.74) is 12.8. The Balaban J connectivity index is 0.00000180. The minimum atomic E-state index is -4.58. The predicted octanol–water partition coefficient (Wildman–Crippen LogP) is -1.57. The van der Waals surface area contributed by atoms with E-state index in [-0.39, 0.29) is 62.0 Å². The second-order valence-corrected chi connectivity index (χ2v) is 5.18. The summed E-state index contributed by atoms with van der Waals surface area (Å²) in [6.45, 7) is 0. The molecule has 94 valence electrons. The van der Waals surface area contributed by atoms with Crippen LogP contribution in [0.2, 0.25) is 0 Å². The van der Waals surface area contributed by atoms with Gasteiger partial charge in [-0.3, -0.25) is 0 Å². The van der Waals surface area contributed by atoms with E-state index in [1.54, 1.807) is 30.3 Å². The van der Waals surface area contributed by atoms with E-state index in [0.717, 1.165) is 6.07 Å². The van der Waals surface area contributed by atoms with Gasteiger partial charge in [-0.15, -0.1) is 0 Å². The summed E-state index contributed by atoms with van der Waals surface area (Å²) < 4.78 is 33.6. The van der Waals surface area contributed by atoms with Crippen LogP contribution >= 0.6 is 0 Å². The first kappa shape index (κ1) is 16.6. The molecule has 0 bridgehead atoms. The zero-order valence-electron chi connectivity index (χ0n) is 10.3. The number of rotatable bonds is 2. The van der Waals surface area contributed by atoms with Crippen molar-refractivity contribution >= 4 is 21.5 Å². The van der Waals surface area contributed by atoms with Crippen LogP contribution in [0.25, 0.3) is 11.1 Å². The Morgan fingerprint density at radius 3 is 1.95 bits per heavy atom. The maximum atomic E-state index is 11.2. The quantitative estimate of drug-likeness (QED) is 0.395. The van der Waals surface area contributed by atoms with Gasteiger partial charge in [-0.2, -0.15) is 0 Å². The molecule has 19 heavy (non-hydrogen) atoms. The maximum Gasteiger partial charge on any atom is 1.00 e. The van der Waals surface area contributed by atoms with E-state index in [9.17, 15) is 13.0 Å². The normalized spacial score (nSPS) is 10.8. The largest absolute Gasteiger partial charge is 1.00 e. The van der Waals surface area contributed by atoms with Crippen molar-refractivity contribution in [1.82, 2.24) is 0 Å². The van der Waals surface area contributed by atoms with E-state index >= 15 is 0 Å². The summed E-state index contributed by atoms with van der Waals surface area (Å²) in [5, 5.41) is 0. The summed E-state index contributed by atoms with van der Waals surface area (Å²) >= 11 is 0. The van der Waals surface area contributed by atoms with Gasteiger partial charge in [-0.25, -0.2) is 8.42 Å². The van der Waals surface area contributed by atoms with Gasteiger partial charge in [0.1, 0.15) is 10.1 Å². The third kappa shape index (κ3) is 4.02. The minimum absolute atomic E-state index is 0. The first-order valence-corrected chi connectivity index (χ1v) is 6.50. The molecule has 0 heterocycles. The molecular weight excluding hydrogens is 291 g/mol. The Bertz CT molecular complexity index is 685. The maximum absolute atomic E-state index is 11.2. The number of nitrogen functional groups attached to an aromatic ring is 2. The topological polar surface area (TPSA) is 109 Å². The van der Waals surface area contributed by atoms with Gasteiger partial charge in [-0.05, 0) is 35.4 Å². The fourth-order valence-electron chi connectivity index (χ4n) is 1.65. The molecule has 0 saturated carbocycles. The Kier molecular flexibility index (Phi) is 5.57. The standard InChI is InChI=1S/C12H12N2O3S.K/c13-9-3-1-8(2-4-9)11-6-5-10(14)7-12(11)18(15,16)17;/h1-7H,13-14H2,(H,15,16,17);/q;+1/p-1. The molecule has 0 unspecified atom stereocenters. The van der Waals surface area contributed by atoms with Crippen LogP contribution in [-0.4, -0.2) is 13.0 Å². The molecular formula is C12H11KN2O3S. The summed E-state index contributed by atoms with van der Waals surface area (Å²) in [6.07, 6.45) is 0. The van der Waals surface area contributed by atoms with Crippen LogP contribution in [-0.2, 0) is 10.1 Å². The molecule has 2 rings (SSSR count). The summed E-state index contributed by atoms with van der Waals surface area (Å²) in [6, 6.07) is 10.8. The van der Waals surface area contributed by atoms with Gasteiger partial charge < -0.3 is 16.0 Å². The molecule has 0 atom stereocenters. The van der Waals surface area contributed by atoms with Crippen molar-refractivity contribution in [2.45, 2.75) is 4.90 Å². The predicted molar refractivity (Wildman–Crippen MR) is 68.7 cm³/mol. The molecule has 2 aromatic rings. The SMILES string of the molecule is Nc1ccc(-c2ccc(N)cc2S(=O)(=O)[O-])cc1.[K+]. The van der Waals surface area contributed by atoms with Gasteiger partial charge in [0.2, 0.25) is 0 Å². The van der Waals surface area contributed by atoms with E-state index in [1.807, 2.05) is 0 Å². The van der Waals surface area contributed by atoms with E-state index < -0.39 is 10.1 Å². The Morgan fingerprint density at radius 1 is 0.895 bits per heavy atom. The van der Waals surface area contributed by atoms with Crippen LogP contribution in [0.5, 0.6) is 0 Å². The Hall–Kier alpha value is -0.414. The average Bonchev–Trinajstić information content (AvgIpc) is 2.29. The molecule has 0 spiro atoms. The number of anilines is 2. The van der Waals surface area contributed by atoms with Gasteiger partial charge in [0.15, 0.2) is 0 Å². The van der Waals surface area contributed by atoms with Crippen LogP contribution in [0.15, 0.2) is 47.4 Å². The van der Waals surface area contributed by atoms with E-state index in [2.05, 4.69) is 0 Å². The van der Waals surface area contributed by atoms with Crippen molar-refractivity contribution in [3.05, 3.63) is 42.5 Å². The van der Waals surface area contributed by atoms with Crippen LogP contribution in [0.4, 0.5) is 11.4 Å². The average molecular weight is 302 g/mol. The third-order valence-electron chi connectivity index (χ3n) is 2.50. The van der Waals surface area contributed by atoms with Gasteiger partial charge in [0.05, 0.1) is 4.90 Å². The summed E-state index contributed by atoms with van der Waals surface area (Å²) in [7, 11) is -4.58. The van der Waals surface area contributed by atoms with Crippen molar-refractivity contribution in [3.63, 3.8) is 0 Å². The van der Waals surface area contributed by atoms with E-state index in [0.29, 0.717) is 16.8 Å². The zero-order valence-corrected chi connectivity index (χ0v) is 14.3. The van der Waals surface area contributed by atoms with E-state index in [4.69, 9.17) is 11.5 Å². The molecule has 0 aliphatic carbocycles. The van der Waals surface area contributed by atoms with Gasteiger partial charge >= 0.3 is 51.4 Å². The summed E-state index contributed by atoms with van der Waals surface area (Å²) in [5.74, 6) is 0. The van der Waals surface area contributed by atoms with Crippen molar-refractivity contribution in [3.8, 4) is 11.1 Å². The van der Waals surface area contributed by atoms with Crippen molar-refractivity contribution in [2.75, 3.05) is 11.5 Å². The number of hydrogen-bond donors (Lipinski definition) is 2. The van der Waals surface area contributed by atoms with Crippen molar-refractivity contribution in [1.29, 1.82) is 0 Å². The number of hydrogen-bond acceptors (Lipinski definition) is 5. The smallest absolute Gasteiger partial charge is 0.744 e. The summed E-state index contributed by atoms with van der Waals surface area (Å²) in [4.78, 5) is -0.327. The monoisotopic (exact) mass is 302 g/mol. The Labute approximate surface area is 154 Å². The first-order valence-electron chi connectivity index (χ1n) is 5.09. The second-order valence-electron chi connectivity index (χ2n) is 3.83. The molecule has 0 amide bonds. The van der Waals surface area contributed by atoms with Crippen LogP contribution in [0.3, 0.4) is 0 Å². The van der Waals surface area contributed by atoms with Gasteiger partial charge in [0, 0.05) is 11.4 Å². The fourth-order valence-corrected chi connectivity index (χ4v) is 2.38.